The second-order valence-electron chi connectivity index (χ2n) is 6.18. The molecule has 0 spiro atoms. The van der Waals surface area contributed by atoms with Crippen LogP contribution in [0.3, 0.4) is 0 Å². The van der Waals surface area contributed by atoms with Gasteiger partial charge < -0.3 is 9.47 Å². The third kappa shape index (κ3) is 6.74. The molecule has 1 aliphatic rings. The molecule has 0 radical (unpaired) electrons. The first-order valence-corrected chi connectivity index (χ1v) is 9.08. The number of hydrazone groups is 1. The van der Waals surface area contributed by atoms with Gasteiger partial charge >= 0.3 is 0 Å². The number of amides is 1. The number of carbonyl (C=O) groups excluding carboxylic acids is 1. The van der Waals surface area contributed by atoms with Gasteiger partial charge in [-0.05, 0) is 56.6 Å². The lowest BCUT2D eigenvalue weighted by Crippen LogP contribution is -2.37. The van der Waals surface area contributed by atoms with Gasteiger partial charge in [0.1, 0.15) is 0 Å². The third-order valence-electron chi connectivity index (χ3n) is 4.21. The van der Waals surface area contributed by atoms with Gasteiger partial charge in [-0.1, -0.05) is 19.3 Å². The van der Waals surface area contributed by atoms with Gasteiger partial charge in [0.2, 0.25) is 0 Å². The van der Waals surface area contributed by atoms with Gasteiger partial charge in [0.25, 0.3) is 5.91 Å². The zero-order chi connectivity index (χ0) is 17.9. The van der Waals surface area contributed by atoms with Crippen LogP contribution in [-0.4, -0.2) is 50.4 Å². The molecule has 0 aliphatic carbocycles. The minimum absolute atomic E-state index is 0.0737. The van der Waals surface area contributed by atoms with Crippen molar-refractivity contribution < 1.29 is 14.3 Å². The maximum atomic E-state index is 12.1. The number of nitrogens with one attached hydrogen (secondary N) is 1. The van der Waals surface area contributed by atoms with E-state index in [2.05, 4.69) is 15.4 Å². The molecule has 25 heavy (non-hydrogen) atoms. The van der Waals surface area contributed by atoms with E-state index >= 15 is 0 Å². The summed E-state index contributed by atoms with van der Waals surface area (Å²) in [6.07, 6.45) is 7.79. The molecule has 0 aromatic heterocycles. The summed E-state index contributed by atoms with van der Waals surface area (Å²) in [5, 5.41) is 4.06. The van der Waals surface area contributed by atoms with Gasteiger partial charge in [0, 0.05) is 0 Å². The number of ether oxygens (including phenoxy) is 2. The summed E-state index contributed by atoms with van der Waals surface area (Å²) in [5.41, 5.74) is 3.45. The molecule has 1 N–H and O–H groups in total. The van der Waals surface area contributed by atoms with Crippen LogP contribution in [0.4, 0.5) is 0 Å². The second-order valence-corrected chi connectivity index (χ2v) is 6.18. The zero-order valence-corrected chi connectivity index (χ0v) is 15.3. The van der Waals surface area contributed by atoms with E-state index in [1.165, 1.54) is 32.1 Å². The molecule has 1 fully saturated rings. The Labute approximate surface area is 150 Å². The number of carbonyl (C=O) groups is 1. The van der Waals surface area contributed by atoms with E-state index in [0.29, 0.717) is 24.7 Å². The van der Waals surface area contributed by atoms with Crippen LogP contribution in [0.25, 0.3) is 0 Å². The van der Waals surface area contributed by atoms with Crippen LogP contribution in [0.5, 0.6) is 11.5 Å². The van der Waals surface area contributed by atoms with Crippen LogP contribution >= 0.6 is 0 Å². The number of hydrogen-bond donors (Lipinski definition) is 1. The molecule has 0 atom stereocenters. The summed E-state index contributed by atoms with van der Waals surface area (Å²) in [6.45, 7) is 4.87. The highest BCUT2D eigenvalue weighted by Gasteiger charge is 2.11. The van der Waals surface area contributed by atoms with Crippen molar-refractivity contribution >= 4 is 12.1 Å². The molecule has 138 valence electrons. The van der Waals surface area contributed by atoms with E-state index in [0.717, 1.165) is 18.7 Å². The van der Waals surface area contributed by atoms with Crippen LogP contribution in [0.15, 0.2) is 23.3 Å². The highest BCUT2D eigenvalue weighted by molar-refractivity contribution is 5.83. The van der Waals surface area contributed by atoms with Crippen molar-refractivity contribution in [2.24, 2.45) is 5.10 Å². The Morgan fingerprint density at radius 1 is 1.20 bits per heavy atom. The van der Waals surface area contributed by atoms with Gasteiger partial charge in [-0.2, -0.15) is 5.10 Å². The predicted octanol–water partition coefficient (Wildman–Crippen LogP) is 2.81. The molecule has 2 rings (SSSR count). The van der Waals surface area contributed by atoms with Crippen molar-refractivity contribution in [3.63, 3.8) is 0 Å². The van der Waals surface area contributed by atoms with Crippen molar-refractivity contribution in [1.82, 2.24) is 10.3 Å². The summed E-state index contributed by atoms with van der Waals surface area (Å²) in [7, 11) is 1.61. The number of methoxy groups -OCH3 is 1. The SMILES string of the molecule is CCOc1cc(C=NNC(=O)CN2CCCCCCC2)ccc1OC. The Hall–Kier alpha value is -2.08. The van der Waals surface area contributed by atoms with Gasteiger partial charge in [0.05, 0.1) is 26.5 Å². The molecule has 1 aromatic rings. The molecule has 1 saturated heterocycles. The van der Waals surface area contributed by atoms with E-state index in [9.17, 15) is 4.79 Å². The molecule has 0 bridgehead atoms. The van der Waals surface area contributed by atoms with Gasteiger partial charge in [-0.3, -0.25) is 9.69 Å². The summed E-state index contributed by atoms with van der Waals surface area (Å²) in [5.74, 6) is 1.27. The fraction of sp³-hybridized carbons (Fsp3) is 0.579. The van der Waals surface area contributed by atoms with Crippen molar-refractivity contribution in [3.05, 3.63) is 23.8 Å². The molecule has 1 heterocycles. The second kappa shape index (κ2) is 10.7. The average molecular weight is 347 g/mol. The molecule has 0 unspecified atom stereocenters. The Bertz CT molecular complexity index is 567. The number of benzene rings is 1. The topological polar surface area (TPSA) is 63.2 Å². The van der Waals surface area contributed by atoms with Gasteiger partial charge in [-0.25, -0.2) is 5.43 Å². The first-order chi connectivity index (χ1) is 12.2. The van der Waals surface area contributed by atoms with E-state index in [1.807, 2.05) is 25.1 Å². The zero-order valence-electron chi connectivity index (χ0n) is 15.3. The van der Waals surface area contributed by atoms with Crippen LogP contribution < -0.4 is 14.9 Å². The first-order valence-electron chi connectivity index (χ1n) is 9.08. The Morgan fingerprint density at radius 2 is 1.92 bits per heavy atom. The number of hydrogen-bond acceptors (Lipinski definition) is 5. The fourth-order valence-electron chi connectivity index (χ4n) is 2.93. The maximum Gasteiger partial charge on any atom is 0.254 e. The van der Waals surface area contributed by atoms with Crippen LogP contribution in [-0.2, 0) is 4.79 Å². The molecule has 1 amide bonds. The van der Waals surface area contributed by atoms with E-state index in [1.54, 1.807) is 13.3 Å². The van der Waals surface area contributed by atoms with Gasteiger partial charge in [-0.15, -0.1) is 0 Å². The fourth-order valence-corrected chi connectivity index (χ4v) is 2.93. The van der Waals surface area contributed by atoms with Crippen molar-refractivity contribution in [1.29, 1.82) is 0 Å². The largest absolute Gasteiger partial charge is 0.493 e. The average Bonchev–Trinajstić information content (AvgIpc) is 2.58. The normalized spacial score (nSPS) is 16.2. The van der Waals surface area contributed by atoms with E-state index in [-0.39, 0.29) is 5.91 Å². The van der Waals surface area contributed by atoms with Crippen LogP contribution in [0, 0.1) is 0 Å². The maximum absolute atomic E-state index is 12.1. The highest BCUT2D eigenvalue weighted by atomic mass is 16.5. The minimum atomic E-state index is -0.0737. The summed E-state index contributed by atoms with van der Waals surface area (Å²) in [6, 6.07) is 5.54. The first kappa shape index (κ1) is 19.2. The molecule has 6 nitrogen and oxygen atoms in total. The van der Waals surface area contributed by atoms with Crippen molar-refractivity contribution in [3.8, 4) is 11.5 Å². The minimum Gasteiger partial charge on any atom is -0.493 e. The molecule has 6 heteroatoms. The third-order valence-corrected chi connectivity index (χ3v) is 4.21. The predicted molar refractivity (Wildman–Crippen MR) is 99.4 cm³/mol. The summed E-state index contributed by atoms with van der Waals surface area (Å²) < 4.78 is 10.8. The number of likely N-dealkylation sites (tertiary alicyclic amines) is 1. The monoisotopic (exact) mass is 347 g/mol. The van der Waals surface area contributed by atoms with E-state index in [4.69, 9.17) is 9.47 Å². The standard InChI is InChI=1S/C19H29N3O3/c1-3-25-18-13-16(9-10-17(18)24-2)14-20-21-19(23)15-22-11-7-5-4-6-8-12-22/h9-10,13-14H,3-8,11-12,15H2,1-2H3,(H,21,23). The molecule has 1 aromatic carbocycles. The number of nitrogens with zero attached hydrogens (tertiary/aromatic N) is 2. The Balaban J connectivity index is 1.84. The Morgan fingerprint density at radius 3 is 2.60 bits per heavy atom. The van der Waals surface area contributed by atoms with Gasteiger partial charge in [0.15, 0.2) is 11.5 Å². The van der Waals surface area contributed by atoms with Crippen molar-refractivity contribution in [2.45, 2.75) is 39.0 Å². The lowest BCUT2D eigenvalue weighted by molar-refractivity contribution is -0.122. The number of rotatable bonds is 7. The van der Waals surface area contributed by atoms with Crippen molar-refractivity contribution in [2.75, 3.05) is 33.4 Å². The summed E-state index contributed by atoms with van der Waals surface area (Å²) >= 11 is 0. The molecular formula is C19H29N3O3. The van der Waals surface area contributed by atoms with E-state index < -0.39 is 0 Å². The van der Waals surface area contributed by atoms with Crippen LogP contribution in [0.1, 0.15) is 44.6 Å². The quantitative estimate of drug-likeness (QED) is 0.608. The van der Waals surface area contributed by atoms with Crippen LogP contribution in [0.2, 0.25) is 0 Å². The highest BCUT2D eigenvalue weighted by Crippen LogP contribution is 2.27. The smallest absolute Gasteiger partial charge is 0.254 e. The molecular weight excluding hydrogens is 318 g/mol. The summed E-state index contributed by atoms with van der Waals surface area (Å²) in [4.78, 5) is 14.3. The molecule has 0 saturated carbocycles. The molecule has 1 aliphatic heterocycles. The Kier molecular flexibility index (Phi) is 8.25. The lowest BCUT2D eigenvalue weighted by Gasteiger charge is -2.23. The lowest BCUT2D eigenvalue weighted by atomic mass is 10.1.